The van der Waals surface area contributed by atoms with Gasteiger partial charge in [-0.05, 0) is 0 Å². The zero-order valence-electron chi connectivity index (χ0n) is 13.5. The Morgan fingerprint density at radius 1 is 0.800 bits per heavy atom. The molecule has 2 aromatic rings. The molecule has 6 heteroatoms. The first-order valence-electron chi connectivity index (χ1n) is 7.98. The Balaban J connectivity index is 0.00000182. The summed E-state index contributed by atoms with van der Waals surface area (Å²) in [6.07, 6.45) is -1.85. The lowest BCUT2D eigenvalue weighted by Gasteiger charge is -2.44. The second-order valence-corrected chi connectivity index (χ2v) is 5.83. The standard InChI is InChI=1S/C19H18O5.H2O/c20-11-15-17-16(23-19(22-15)14-9-5-2-6-10-14)12-21-18(24-17)13-7-3-1-4-8-13;/h1-11,15-19H,12H2;1H2/t15-,16+,17-,18+,19-;/m1./s1. The van der Waals surface area contributed by atoms with E-state index in [1.807, 2.05) is 60.7 Å². The summed E-state index contributed by atoms with van der Waals surface area (Å²) in [5.41, 5.74) is 1.78. The van der Waals surface area contributed by atoms with Gasteiger partial charge < -0.3 is 29.2 Å². The fraction of sp³-hybridized carbons (Fsp3) is 0.316. The Labute approximate surface area is 145 Å². The predicted octanol–water partition coefficient (Wildman–Crippen LogP) is 1.96. The number of carbonyl (C=O) groups is 1. The third kappa shape index (κ3) is 3.63. The van der Waals surface area contributed by atoms with Crippen molar-refractivity contribution >= 4 is 6.29 Å². The van der Waals surface area contributed by atoms with E-state index in [4.69, 9.17) is 18.9 Å². The highest BCUT2D eigenvalue weighted by molar-refractivity contribution is 5.57. The van der Waals surface area contributed by atoms with Crippen LogP contribution in [-0.4, -0.2) is 36.7 Å². The Kier molecular flexibility index (Phi) is 5.57. The zero-order chi connectivity index (χ0) is 16.4. The van der Waals surface area contributed by atoms with Gasteiger partial charge in [0.1, 0.15) is 18.3 Å². The second-order valence-electron chi connectivity index (χ2n) is 5.83. The largest absolute Gasteiger partial charge is 0.412 e. The molecule has 5 atom stereocenters. The van der Waals surface area contributed by atoms with E-state index in [1.165, 1.54) is 0 Å². The van der Waals surface area contributed by atoms with E-state index in [2.05, 4.69) is 0 Å². The van der Waals surface area contributed by atoms with Crippen molar-refractivity contribution in [3.05, 3.63) is 71.8 Å². The van der Waals surface area contributed by atoms with E-state index in [-0.39, 0.29) is 11.6 Å². The maximum Gasteiger partial charge on any atom is 0.185 e. The van der Waals surface area contributed by atoms with E-state index in [1.54, 1.807) is 0 Å². The molecule has 0 amide bonds. The molecule has 2 aromatic carbocycles. The van der Waals surface area contributed by atoms with Crippen molar-refractivity contribution in [3.63, 3.8) is 0 Å². The second kappa shape index (κ2) is 7.86. The number of benzene rings is 2. The van der Waals surface area contributed by atoms with Crippen molar-refractivity contribution in [3.8, 4) is 0 Å². The Bertz CT molecular complexity index is 677. The van der Waals surface area contributed by atoms with Gasteiger partial charge in [-0.2, -0.15) is 0 Å². The van der Waals surface area contributed by atoms with Gasteiger partial charge in [-0.25, -0.2) is 0 Å². The summed E-state index contributed by atoms with van der Waals surface area (Å²) >= 11 is 0. The molecule has 0 aromatic heterocycles. The van der Waals surface area contributed by atoms with Crippen LogP contribution < -0.4 is 0 Å². The first kappa shape index (κ1) is 17.7. The number of hydrogen-bond acceptors (Lipinski definition) is 5. The summed E-state index contributed by atoms with van der Waals surface area (Å²) in [6, 6.07) is 19.2. The van der Waals surface area contributed by atoms with Gasteiger partial charge in [0, 0.05) is 11.1 Å². The number of carbonyl (C=O) groups excluding carboxylic acids is 1. The van der Waals surface area contributed by atoms with Crippen LogP contribution in [0, 0.1) is 0 Å². The first-order chi connectivity index (χ1) is 11.8. The van der Waals surface area contributed by atoms with Crippen molar-refractivity contribution in [1.29, 1.82) is 0 Å². The third-order valence-corrected chi connectivity index (χ3v) is 4.24. The molecule has 0 aliphatic carbocycles. The van der Waals surface area contributed by atoms with Crippen molar-refractivity contribution in [2.75, 3.05) is 6.61 Å². The summed E-state index contributed by atoms with van der Waals surface area (Å²) < 4.78 is 23.5. The number of hydrogen-bond donors (Lipinski definition) is 0. The van der Waals surface area contributed by atoms with E-state index in [0.29, 0.717) is 6.61 Å². The average Bonchev–Trinajstić information content (AvgIpc) is 2.68. The first-order valence-corrected chi connectivity index (χ1v) is 7.98. The maximum absolute atomic E-state index is 11.5. The molecule has 0 bridgehead atoms. The van der Waals surface area contributed by atoms with Gasteiger partial charge in [0.2, 0.25) is 0 Å². The summed E-state index contributed by atoms with van der Waals surface area (Å²) in [6.45, 7) is 0.348. The maximum atomic E-state index is 11.5. The van der Waals surface area contributed by atoms with E-state index < -0.39 is 24.8 Å². The Hall–Kier alpha value is -2.09. The summed E-state index contributed by atoms with van der Waals surface area (Å²) in [5.74, 6) is 0. The molecule has 2 heterocycles. The summed E-state index contributed by atoms with van der Waals surface area (Å²) in [7, 11) is 0. The molecule has 2 aliphatic rings. The lowest BCUT2D eigenvalue weighted by molar-refractivity contribution is -0.355. The highest BCUT2D eigenvalue weighted by Gasteiger charge is 2.45. The molecule has 2 saturated heterocycles. The van der Waals surface area contributed by atoms with E-state index in [0.717, 1.165) is 17.4 Å². The van der Waals surface area contributed by atoms with Crippen molar-refractivity contribution < 1.29 is 29.2 Å². The number of aldehydes is 1. The minimum absolute atomic E-state index is 0. The molecule has 4 rings (SSSR count). The zero-order valence-corrected chi connectivity index (χ0v) is 13.5. The van der Waals surface area contributed by atoms with Crippen LogP contribution in [0.3, 0.4) is 0 Å². The quantitative estimate of drug-likeness (QED) is 0.795. The van der Waals surface area contributed by atoms with Crippen molar-refractivity contribution in [2.24, 2.45) is 0 Å². The normalized spacial score (nSPS) is 31.4. The topological polar surface area (TPSA) is 85.5 Å². The Morgan fingerprint density at radius 3 is 2.00 bits per heavy atom. The van der Waals surface area contributed by atoms with Gasteiger partial charge in [-0.15, -0.1) is 0 Å². The van der Waals surface area contributed by atoms with Crippen LogP contribution in [0.15, 0.2) is 60.7 Å². The fourth-order valence-corrected chi connectivity index (χ4v) is 3.03. The lowest BCUT2D eigenvalue weighted by atomic mass is 10.0. The minimum atomic E-state index is -0.691. The fourth-order valence-electron chi connectivity index (χ4n) is 3.03. The van der Waals surface area contributed by atoms with Gasteiger partial charge in [-0.3, -0.25) is 0 Å². The molecule has 2 aliphatic heterocycles. The van der Waals surface area contributed by atoms with Crippen molar-refractivity contribution in [2.45, 2.75) is 30.9 Å². The van der Waals surface area contributed by atoms with E-state index in [9.17, 15) is 4.79 Å². The van der Waals surface area contributed by atoms with Crippen LogP contribution in [0.1, 0.15) is 23.7 Å². The van der Waals surface area contributed by atoms with Crippen LogP contribution >= 0.6 is 0 Å². The van der Waals surface area contributed by atoms with Crippen LogP contribution in [0.5, 0.6) is 0 Å². The van der Waals surface area contributed by atoms with Crippen LogP contribution in [0.2, 0.25) is 0 Å². The molecule has 0 radical (unpaired) electrons. The van der Waals surface area contributed by atoms with Crippen LogP contribution in [0.4, 0.5) is 0 Å². The number of rotatable bonds is 3. The van der Waals surface area contributed by atoms with Crippen LogP contribution in [0.25, 0.3) is 0 Å². The number of ether oxygens (including phenoxy) is 4. The van der Waals surface area contributed by atoms with Gasteiger partial charge >= 0.3 is 0 Å². The summed E-state index contributed by atoms with van der Waals surface area (Å²) in [5, 5.41) is 0. The highest BCUT2D eigenvalue weighted by atomic mass is 16.8. The molecular formula is C19H20O6. The van der Waals surface area contributed by atoms with E-state index >= 15 is 0 Å². The third-order valence-electron chi connectivity index (χ3n) is 4.24. The monoisotopic (exact) mass is 344 g/mol. The highest BCUT2D eigenvalue weighted by Crippen LogP contribution is 2.37. The molecule has 0 unspecified atom stereocenters. The lowest BCUT2D eigenvalue weighted by Crippen LogP contribution is -2.54. The predicted molar refractivity (Wildman–Crippen MR) is 88.6 cm³/mol. The molecule has 0 spiro atoms. The van der Waals surface area contributed by atoms with Gasteiger partial charge in [-0.1, -0.05) is 60.7 Å². The molecule has 25 heavy (non-hydrogen) atoms. The smallest absolute Gasteiger partial charge is 0.185 e. The minimum Gasteiger partial charge on any atom is -0.412 e. The SMILES string of the molecule is O.O=C[C@H]1O[C@@H](c2ccccc2)O[C@H]2CO[C@H](c3ccccc3)O[C@@H]21. The van der Waals surface area contributed by atoms with Crippen molar-refractivity contribution in [1.82, 2.24) is 0 Å². The van der Waals surface area contributed by atoms with Gasteiger partial charge in [0.15, 0.2) is 18.9 Å². The molecule has 0 saturated carbocycles. The molecule has 2 fully saturated rings. The van der Waals surface area contributed by atoms with Gasteiger partial charge in [0.25, 0.3) is 0 Å². The molecule has 6 nitrogen and oxygen atoms in total. The average molecular weight is 344 g/mol. The molecular weight excluding hydrogens is 324 g/mol. The van der Waals surface area contributed by atoms with Gasteiger partial charge in [0.05, 0.1) is 6.61 Å². The molecule has 2 N–H and O–H groups in total. The van der Waals surface area contributed by atoms with Crippen LogP contribution in [-0.2, 0) is 23.7 Å². The molecule has 132 valence electrons. The number of fused-ring (bicyclic) bond motifs is 1. The Morgan fingerprint density at radius 2 is 1.40 bits per heavy atom. The summed E-state index contributed by atoms with van der Waals surface area (Å²) in [4.78, 5) is 11.5.